The highest BCUT2D eigenvalue weighted by Crippen LogP contribution is 2.23. The molecule has 3 aromatic rings. The van der Waals surface area contributed by atoms with Gasteiger partial charge >= 0.3 is 0 Å². The molecule has 0 unspecified atom stereocenters. The summed E-state index contributed by atoms with van der Waals surface area (Å²) in [4.78, 5) is 16.9. The molecule has 1 amide bonds. The van der Waals surface area contributed by atoms with Gasteiger partial charge in [-0.1, -0.05) is 46.3 Å². The Balaban J connectivity index is 1.95. The molecule has 0 aliphatic rings. The molecule has 134 valence electrons. The van der Waals surface area contributed by atoms with Crippen LogP contribution in [0.2, 0.25) is 0 Å². The summed E-state index contributed by atoms with van der Waals surface area (Å²) < 4.78 is 3.28. The number of carbonyl (C=O) groups excluding carboxylic acids is 1. The molecule has 0 aliphatic carbocycles. The lowest BCUT2D eigenvalue weighted by atomic mass is 10.2. The van der Waals surface area contributed by atoms with Gasteiger partial charge in [0.15, 0.2) is 4.80 Å². The molecular weight excluding hydrogens is 410 g/mol. The lowest BCUT2D eigenvalue weighted by molar-refractivity contribution is -0.118. The average Bonchev–Trinajstić information content (AvgIpc) is 3.02. The second-order valence-corrected chi connectivity index (χ2v) is 7.60. The van der Waals surface area contributed by atoms with Gasteiger partial charge in [0.1, 0.15) is 0 Å². The Bertz CT molecular complexity index is 930. The summed E-state index contributed by atoms with van der Waals surface area (Å²) in [6.07, 6.45) is 0.849. The number of hydrogen-bond acceptors (Lipinski definition) is 3. The fourth-order valence-electron chi connectivity index (χ4n) is 2.60. The van der Waals surface area contributed by atoms with E-state index < -0.39 is 0 Å². The minimum absolute atomic E-state index is 0.00245. The third-order valence-electron chi connectivity index (χ3n) is 3.85. The lowest BCUT2D eigenvalue weighted by Crippen LogP contribution is -2.24. The van der Waals surface area contributed by atoms with Gasteiger partial charge < -0.3 is 9.88 Å². The molecule has 0 fully saturated rings. The van der Waals surface area contributed by atoms with Crippen LogP contribution in [0.15, 0.2) is 69.4 Å². The van der Waals surface area contributed by atoms with E-state index in [1.807, 2.05) is 42.5 Å². The van der Waals surface area contributed by atoms with Crippen LogP contribution in [-0.2, 0) is 11.3 Å². The van der Waals surface area contributed by atoms with Crippen molar-refractivity contribution in [2.75, 3.05) is 6.54 Å². The summed E-state index contributed by atoms with van der Waals surface area (Å²) in [5.74, 6) is 0.00245. The van der Waals surface area contributed by atoms with E-state index in [9.17, 15) is 4.79 Å². The maximum absolute atomic E-state index is 11.1. The Kier molecular flexibility index (Phi) is 6.41. The molecule has 2 aromatic carbocycles. The first-order valence-corrected chi connectivity index (χ1v) is 10.1. The first-order valence-electron chi connectivity index (χ1n) is 8.42. The van der Waals surface area contributed by atoms with Crippen molar-refractivity contribution >= 4 is 38.9 Å². The third-order valence-corrected chi connectivity index (χ3v) is 5.24. The minimum atomic E-state index is 0.00245. The Morgan fingerprint density at radius 1 is 1.15 bits per heavy atom. The van der Waals surface area contributed by atoms with Crippen molar-refractivity contribution in [1.82, 2.24) is 9.88 Å². The number of carbonyl (C=O) groups is 1. The smallest absolute Gasteiger partial charge is 0.216 e. The number of thiazole rings is 1. The summed E-state index contributed by atoms with van der Waals surface area (Å²) in [6, 6.07) is 18.3. The number of para-hydroxylation sites is 1. The van der Waals surface area contributed by atoms with E-state index in [2.05, 4.69) is 43.3 Å². The Hall–Kier alpha value is -2.18. The maximum Gasteiger partial charge on any atom is 0.216 e. The van der Waals surface area contributed by atoms with Crippen molar-refractivity contribution in [1.29, 1.82) is 0 Å². The summed E-state index contributed by atoms with van der Waals surface area (Å²) in [6.45, 7) is 2.99. The van der Waals surface area contributed by atoms with Gasteiger partial charge in [-0.2, -0.15) is 0 Å². The van der Waals surface area contributed by atoms with Crippen LogP contribution in [0.5, 0.6) is 0 Å². The highest BCUT2D eigenvalue weighted by molar-refractivity contribution is 9.10. The van der Waals surface area contributed by atoms with Crippen LogP contribution in [0.3, 0.4) is 0 Å². The van der Waals surface area contributed by atoms with E-state index in [4.69, 9.17) is 4.99 Å². The topological polar surface area (TPSA) is 46.4 Å². The Morgan fingerprint density at radius 2 is 1.88 bits per heavy atom. The molecule has 3 rings (SSSR count). The highest BCUT2D eigenvalue weighted by Gasteiger charge is 2.08. The van der Waals surface area contributed by atoms with E-state index in [-0.39, 0.29) is 5.91 Å². The summed E-state index contributed by atoms with van der Waals surface area (Å²) in [7, 11) is 0. The van der Waals surface area contributed by atoms with Crippen LogP contribution in [0, 0.1) is 0 Å². The van der Waals surface area contributed by atoms with Crippen LogP contribution in [-0.4, -0.2) is 17.0 Å². The van der Waals surface area contributed by atoms with E-state index >= 15 is 0 Å². The fourth-order valence-corrected chi connectivity index (χ4v) is 3.82. The van der Waals surface area contributed by atoms with Crippen molar-refractivity contribution in [3.8, 4) is 11.3 Å². The maximum atomic E-state index is 11.1. The lowest BCUT2D eigenvalue weighted by Gasteiger charge is -2.10. The molecule has 26 heavy (non-hydrogen) atoms. The standard InChI is InChI=1S/C20H20BrN3OS/c1-15(25)22-12-5-13-24-19(16-8-10-17(21)11-9-16)14-26-20(24)23-18-6-3-2-4-7-18/h2-4,6-11,14H,5,12-13H2,1H3,(H,22,25)/b23-20+. The normalized spacial score (nSPS) is 11.5. The second-order valence-electron chi connectivity index (χ2n) is 5.85. The zero-order valence-electron chi connectivity index (χ0n) is 14.5. The largest absolute Gasteiger partial charge is 0.356 e. The number of aromatic nitrogens is 1. The van der Waals surface area contributed by atoms with Crippen molar-refractivity contribution < 1.29 is 4.79 Å². The van der Waals surface area contributed by atoms with Gasteiger partial charge in [0.25, 0.3) is 0 Å². The fraction of sp³-hybridized carbons (Fsp3) is 0.200. The zero-order chi connectivity index (χ0) is 18.4. The number of halogens is 1. The van der Waals surface area contributed by atoms with Crippen molar-refractivity contribution in [3.05, 3.63) is 69.3 Å². The first kappa shape index (κ1) is 18.6. The predicted octanol–water partition coefficient (Wildman–Crippen LogP) is 4.74. The molecule has 0 spiro atoms. The number of amides is 1. The molecule has 0 atom stereocenters. The van der Waals surface area contributed by atoms with Gasteiger partial charge in [0, 0.05) is 29.9 Å². The van der Waals surface area contributed by atoms with Gasteiger partial charge in [-0.3, -0.25) is 4.79 Å². The van der Waals surface area contributed by atoms with E-state index in [0.717, 1.165) is 39.2 Å². The summed E-state index contributed by atoms with van der Waals surface area (Å²) >= 11 is 5.12. The summed E-state index contributed by atoms with van der Waals surface area (Å²) in [5.41, 5.74) is 3.23. The van der Waals surface area contributed by atoms with E-state index in [0.29, 0.717) is 6.54 Å². The number of benzene rings is 2. The van der Waals surface area contributed by atoms with Gasteiger partial charge in [-0.15, -0.1) is 11.3 Å². The number of nitrogens with one attached hydrogen (secondary N) is 1. The average molecular weight is 430 g/mol. The quantitative estimate of drug-likeness (QED) is 0.565. The van der Waals surface area contributed by atoms with Crippen LogP contribution in [0.1, 0.15) is 13.3 Å². The second kappa shape index (κ2) is 8.96. The van der Waals surface area contributed by atoms with Crippen LogP contribution < -0.4 is 10.1 Å². The monoisotopic (exact) mass is 429 g/mol. The molecule has 0 bridgehead atoms. The van der Waals surface area contributed by atoms with Crippen LogP contribution in [0.25, 0.3) is 11.3 Å². The predicted molar refractivity (Wildman–Crippen MR) is 110 cm³/mol. The van der Waals surface area contributed by atoms with Crippen LogP contribution >= 0.6 is 27.3 Å². The van der Waals surface area contributed by atoms with Gasteiger partial charge in [-0.25, -0.2) is 4.99 Å². The molecule has 0 radical (unpaired) electrons. The van der Waals surface area contributed by atoms with Crippen molar-refractivity contribution in [2.45, 2.75) is 19.9 Å². The number of rotatable bonds is 6. The molecule has 0 saturated heterocycles. The van der Waals surface area contributed by atoms with Crippen molar-refractivity contribution in [3.63, 3.8) is 0 Å². The Labute approximate surface area is 165 Å². The van der Waals surface area contributed by atoms with Gasteiger partial charge in [0.2, 0.25) is 5.91 Å². The SMILES string of the molecule is CC(=O)NCCCn1c(-c2ccc(Br)cc2)cs/c1=N/c1ccccc1. The Morgan fingerprint density at radius 3 is 2.58 bits per heavy atom. The van der Waals surface area contributed by atoms with Gasteiger partial charge in [-0.05, 0) is 36.2 Å². The van der Waals surface area contributed by atoms with Crippen molar-refractivity contribution in [2.24, 2.45) is 4.99 Å². The molecule has 0 aliphatic heterocycles. The molecule has 6 heteroatoms. The molecule has 1 aromatic heterocycles. The minimum Gasteiger partial charge on any atom is -0.356 e. The molecule has 0 saturated carbocycles. The summed E-state index contributed by atoms with van der Waals surface area (Å²) in [5, 5.41) is 5.00. The molecule has 1 N–H and O–H groups in total. The third kappa shape index (κ3) is 4.93. The number of hydrogen-bond donors (Lipinski definition) is 1. The van der Waals surface area contributed by atoms with Crippen LogP contribution in [0.4, 0.5) is 5.69 Å². The highest BCUT2D eigenvalue weighted by atomic mass is 79.9. The molecule has 1 heterocycles. The molecular formula is C20H20BrN3OS. The molecule has 4 nitrogen and oxygen atoms in total. The van der Waals surface area contributed by atoms with E-state index in [1.165, 1.54) is 0 Å². The zero-order valence-corrected chi connectivity index (χ0v) is 16.9. The van der Waals surface area contributed by atoms with E-state index in [1.54, 1.807) is 18.3 Å². The van der Waals surface area contributed by atoms with Gasteiger partial charge in [0.05, 0.1) is 11.4 Å². The first-order chi connectivity index (χ1) is 12.6. The number of nitrogens with zero attached hydrogens (tertiary/aromatic N) is 2.